The van der Waals surface area contributed by atoms with Crippen LogP contribution in [0.25, 0.3) is 0 Å². The molecule has 1 aromatic rings. The molecule has 1 aromatic carbocycles. The maximum Gasteiger partial charge on any atom is 0.152 e. The summed E-state index contributed by atoms with van der Waals surface area (Å²) < 4.78 is 28.7. The van der Waals surface area contributed by atoms with Crippen molar-refractivity contribution in [2.75, 3.05) is 23.4 Å². The normalized spacial score (nSPS) is 21.3. The van der Waals surface area contributed by atoms with E-state index in [0.717, 1.165) is 23.4 Å². The summed E-state index contributed by atoms with van der Waals surface area (Å²) in [6.07, 6.45) is 1.62. The number of sulfone groups is 1. The molecular weight excluding hydrogens is 262 g/mol. The van der Waals surface area contributed by atoms with E-state index in [0.29, 0.717) is 13.0 Å². The van der Waals surface area contributed by atoms with Gasteiger partial charge in [0.2, 0.25) is 0 Å². The Morgan fingerprint density at radius 1 is 1.42 bits per heavy atom. The number of rotatable bonds is 5. The molecule has 106 valence electrons. The molecule has 1 fully saturated rings. The van der Waals surface area contributed by atoms with Crippen LogP contribution in [0.2, 0.25) is 0 Å². The number of benzene rings is 1. The van der Waals surface area contributed by atoms with Gasteiger partial charge in [0, 0.05) is 6.04 Å². The molecule has 4 nitrogen and oxygen atoms in total. The standard InChI is InChI=1S/C14H21NO3S/c1-3-7-18-14-9-11(2)4-5-13(14)15-12-6-8-19(16,17)10-12/h4-5,9,12,15H,3,6-8,10H2,1-2H3. The lowest BCUT2D eigenvalue weighted by Gasteiger charge is -2.17. The second-order valence-electron chi connectivity index (χ2n) is 5.09. The van der Waals surface area contributed by atoms with Crippen molar-refractivity contribution < 1.29 is 13.2 Å². The van der Waals surface area contributed by atoms with Gasteiger partial charge >= 0.3 is 0 Å². The fourth-order valence-electron chi connectivity index (χ4n) is 2.21. The first-order valence-electron chi connectivity index (χ1n) is 6.70. The van der Waals surface area contributed by atoms with E-state index in [4.69, 9.17) is 4.74 Å². The van der Waals surface area contributed by atoms with Gasteiger partial charge in [-0.1, -0.05) is 13.0 Å². The molecule has 1 aliphatic rings. The van der Waals surface area contributed by atoms with Gasteiger partial charge in [-0.2, -0.15) is 0 Å². The van der Waals surface area contributed by atoms with Crippen LogP contribution in [0.5, 0.6) is 5.75 Å². The van der Waals surface area contributed by atoms with Gasteiger partial charge in [-0.3, -0.25) is 0 Å². The van der Waals surface area contributed by atoms with Crippen molar-refractivity contribution >= 4 is 15.5 Å². The summed E-state index contributed by atoms with van der Waals surface area (Å²) in [5.41, 5.74) is 2.02. The molecule has 0 radical (unpaired) electrons. The molecule has 5 heteroatoms. The van der Waals surface area contributed by atoms with Gasteiger partial charge in [0.15, 0.2) is 9.84 Å². The SMILES string of the molecule is CCCOc1cc(C)ccc1NC1CCS(=O)(=O)C1. The van der Waals surface area contributed by atoms with Gasteiger partial charge in [0.25, 0.3) is 0 Å². The smallest absolute Gasteiger partial charge is 0.152 e. The lowest BCUT2D eigenvalue weighted by Crippen LogP contribution is -2.21. The number of anilines is 1. The molecule has 0 saturated carbocycles. The van der Waals surface area contributed by atoms with Crippen LogP contribution < -0.4 is 10.1 Å². The number of aryl methyl sites for hydroxylation is 1. The molecule has 1 aliphatic heterocycles. The van der Waals surface area contributed by atoms with Crippen LogP contribution in [0.15, 0.2) is 18.2 Å². The minimum Gasteiger partial charge on any atom is -0.491 e. The largest absolute Gasteiger partial charge is 0.491 e. The first-order valence-corrected chi connectivity index (χ1v) is 8.53. The van der Waals surface area contributed by atoms with Crippen LogP contribution in [0.4, 0.5) is 5.69 Å². The second-order valence-corrected chi connectivity index (χ2v) is 7.32. The monoisotopic (exact) mass is 283 g/mol. The molecule has 1 saturated heterocycles. The Morgan fingerprint density at radius 3 is 2.84 bits per heavy atom. The molecule has 0 aliphatic carbocycles. The molecule has 2 rings (SSSR count). The minimum absolute atomic E-state index is 0.00307. The molecule has 0 spiro atoms. The van der Waals surface area contributed by atoms with Crippen molar-refractivity contribution in [2.24, 2.45) is 0 Å². The Hall–Kier alpha value is -1.23. The van der Waals surface area contributed by atoms with Gasteiger partial charge in [-0.15, -0.1) is 0 Å². The predicted molar refractivity (Wildman–Crippen MR) is 77.6 cm³/mol. The third-order valence-corrected chi connectivity index (χ3v) is 4.96. The third-order valence-electron chi connectivity index (χ3n) is 3.19. The summed E-state index contributed by atoms with van der Waals surface area (Å²) in [7, 11) is -2.86. The van der Waals surface area contributed by atoms with Crippen LogP contribution in [-0.2, 0) is 9.84 Å². The van der Waals surface area contributed by atoms with Crippen molar-refractivity contribution in [1.82, 2.24) is 0 Å². The average molecular weight is 283 g/mol. The van der Waals surface area contributed by atoms with Crippen molar-refractivity contribution in [2.45, 2.75) is 32.7 Å². The van der Waals surface area contributed by atoms with Crippen LogP contribution >= 0.6 is 0 Å². The summed E-state index contributed by atoms with van der Waals surface area (Å²) >= 11 is 0. The van der Waals surface area contributed by atoms with E-state index in [1.165, 1.54) is 0 Å². The molecule has 1 heterocycles. The molecule has 1 atom stereocenters. The van der Waals surface area contributed by atoms with Gasteiger partial charge in [-0.25, -0.2) is 8.42 Å². The maximum absolute atomic E-state index is 11.5. The molecule has 0 bridgehead atoms. The van der Waals surface area contributed by atoms with Crippen molar-refractivity contribution in [1.29, 1.82) is 0 Å². The van der Waals surface area contributed by atoms with Gasteiger partial charge in [0.05, 0.1) is 23.8 Å². The van der Waals surface area contributed by atoms with Crippen molar-refractivity contribution in [3.8, 4) is 5.75 Å². The molecular formula is C14H21NO3S. The summed E-state index contributed by atoms with van der Waals surface area (Å²) in [6, 6.07) is 5.95. The zero-order valence-corrected chi connectivity index (χ0v) is 12.3. The van der Waals surface area contributed by atoms with Crippen molar-refractivity contribution in [3.63, 3.8) is 0 Å². The lowest BCUT2D eigenvalue weighted by atomic mass is 10.2. The Kier molecular flexibility index (Phi) is 4.34. The van der Waals surface area contributed by atoms with E-state index >= 15 is 0 Å². The highest BCUT2D eigenvalue weighted by atomic mass is 32.2. The number of ether oxygens (including phenoxy) is 1. The van der Waals surface area contributed by atoms with E-state index in [1.807, 2.05) is 25.1 Å². The van der Waals surface area contributed by atoms with E-state index in [-0.39, 0.29) is 17.5 Å². The number of hydrogen-bond donors (Lipinski definition) is 1. The highest BCUT2D eigenvalue weighted by Gasteiger charge is 2.28. The second kappa shape index (κ2) is 5.82. The zero-order valence-electron chi connectivity index (χ0n) is 11.5. The summed E-state index contributed by atoms with van der Waals surface area (Å²) in [5, 5.41) is 3.30. The Bertz CT molecular complexity index is 540. The first-order chi connectivity index (χ1) is 9.00. The fraction of sp³-hybridized carbons (Fsp3) is 0.571. The van der Waals surface area contributed by atoms with E-state index in [1.54, 1.807) is 0 Å². The molecule has 1 N–H and O–H groups in total. The number of hydrogen-bond acceptors (Lipinski definition) is 4. The average Bonchev–Trinajstić information content (AvgIpc) is 2.69. The maximum atomic E-state index is 11.5. The third kappa shape index (κ3) is 3.86. The fourth-order valence-corrected chi connectivity index (χ4v) is 3.88. The Labute approximate surface area is 115 Å². The van der Waals surface area contributed by atoms with Crippen LogP contribution in [-0.4, -0.2) is 32.6 Å². The molecule has 19 heavy (non-hydrogen) atoms. The molecule has 0 aromatic heterocycles. The van der Waals surface area contributed by atoms with Crippen LogP contribution in [0.3, 0.4) is 0 Å². The van der Waals surface area contributed by atoms with E-state index in [2.05, 4.69) is 12.2 Å². The Morgan fingerprint density at radius 2 is 2.21 bits per heavy atom. The van der Waals surface area contributed by atoms with Crippen LogP contribution in [0.1, 0.15) is 25.3 Å². The summed E-state index contributed by atoms with van der Waals surface area (Å²) in [6.45, 7) is 4.75. The van der Waals surface area contributed by atoms with Gasteiger partial charge in [0.1, 0.15) is 5.75 Å². The lowest BCUT2D eigenvalue weighted by molar-refractivity contribution is 0.318. The number of nitrogens with one attached hydrogen (secondary N) is 1. The predicted octanol–water partition coefficient (Wildman–Crippen LogP) is 2.38. The summed E-state index contributed by atoms with van der Waals surface area (Å²) in [4.78, 5) is 0. The summed E-state index contributed by atoms with van der Waals surface area (Å²) in [5.74, 6) is 1.31. The minimum atomic E-state index is -2.86. The van der Waals surface area contributed by atoms with Crippen molar-refractivity contribution in [3.05, 3.63) is 23.8 Å². The topological polar surface area (TPSA) is 55.4 Å². The van der Waals surface area contributed by atoms with E-state index < -0.39 is 9.84 Å². The van der Waals surface area contributed by atoms with Gasteiger partial charge in [-0.05, 0) is 37.5 Å². The zero-order chi connectivity index (χ0) is 13.9. The highest BCUT2D eigenvalue weighted by molar-refractivity contribution is 7.91. The molecule has 0 amide bonds. The van der Waals surface area contributed by atoms with Gasteiger partial charge < -0.3 is 10.1 Å². The van der Waals surface area contributed by atoms with E-state index in [9.17, 15) is 8.42 Å². The quantitative estimate of drug-likeness (QED) is 0.901. The molecule has 1 unspecified atom stereocenters. The van der Waals surface area contributed by atoms with Crippen LogP contribution in [0, 0.1) is 6.92 Å². The highest BCUT2D eigenvalue weighted by Crippen LogP contribution is 2.28. The first kappa shape index (κ1) is 14.2. The Balaban J connectivity index is 2.11.